The van der Waals surface area contributed by atoms with Crippen LogP contribution in [0, 0.1) is 31.0 Å². The molecule has 0 atom stereocenters. The number of aromatic nitrogens is 2. The average Bonchev–Trinajstić information content (AvgIpc) is 3.13. The average molecular weight is 785 g/mol. The van der Waals surface area contributed by atoms with Crippen molar-refractivity contribution in [2.75, 3.05) is 0 Å². The summed E-state index contributed by atoms with van der Waals surface area (Å²) in [4.78, 5) is 11.7. The zero-order valence-electron chi connectivity index (χ0n) is 26.6. The van der Waals surface area contributed by atoms with Crippen LogP contribution in [-0.4, -0.2) is 15.5 Å². The van der Waals surface area contributed by atoms with Gasteiger partial charge in [-0.25, -0.2) is 6.57 Å². The van der Waals surface area contributed by atoms with Gasteiger partial charge in [0.15, 0.2) is 0 Å². The Hall–Kier alpha value is -5.38. The van der Waals surface area contributed by atoms with Crippen LogP contribution in [0.5, 0.6) is 0 Å². The molecule has 0 aliphatic heterocycles. The maximum atomic E-state index is 7.35. The molecule has 7 aromatic rings. The first-order valence-corrected chi connectivity index (χ1v) is 14.9. The molecular formula is C43H34IrN3-3. The van der Waals surface area contributed by atoms with E-state index in [0.717, 1.165) is 38.9 Å². The third kappa shape index (κ3) is 11.2. The summed E-state index contributed by atoms with van der Waals surface area (Å²) in [6.45, 7) is 12.1. The van der Waals surface area contributed by atoms with Crippen LogP contribution in [0.4, 0.5) is 0 Å². The van der Waals surface area contributed by atoms with Crippen LogP contribution in [-0.2, 0) is 20.1 Å². The van der Waals surface area contributed by atoms with E-state index in [9.17, 15) is 0 Å². The summed E-state index contributed by atoms with van der Waals surface area (Å²) in [5.74, 6) is 2.51. The molecule has 0 aliphatic carbocycles. The molecule has 0 saturated carbocycles. The summed E-state index contributed by atoms with van der Waals surface area (Å²) in [5, 5.41) is 4.68. The molecule has 0 saturated heterocycles. The number of hydrogen-bond acceptors (Lipinski definition) is 2. The van der Waals surface area contributed by atoms with Gasteiger partial charge >= 0.3 is 0 Å². The smallest absolute Gasteiger partial charge is 0.224 e. The molecule has 1 radical (unpaired) electrons. The maximum absolute atomic E-state index is 7.35. The van der Waals surface area contributed by atoms with E-state index in [-0.39, 0.29) is 25.6 Å². The van der Waals surface area contributed by atoms with Gasteiger partial charge in [0, 0.05) is 53.3 Å². The van der Waals surface area contributed by atoms with E-state index in [0.29, 0.717) is 0 Å². The van der Waals surface area contributed by atoms with Gasteiger partial charge in [0.1, 0.15) is 0 Å². The third-order valence-electron chi connectivity index (χ3n) is 6.54. The number of benzene rings is 5. The molecule has 0 amide bonds. The van der Waals surface area contributed by atoms with Crippen molar-refractivity contribution in [1.29, 1.82) is 0 Å². The Kier molecular flexibility index (Phi) is 14.2. The van der Waals surface area contributed by atoms with Crippen LogP contribution in [0.3, 0.4) is 0 Å². The molecule has 0 aliphatic rings. The molecular weight excluding hydrogens is 751 g/mol. The van der Waals surface area contributed by atoms with Gasteiger partial charge < -0.3 is 21.2 Å². The van der Waals surface area contributed by atoms with E-state index >= 15 is 0 Å². The molecule has 0 unspecified atom stereocenters. The molecule has 233 valence electrons. The Balaban J connectivity index is 0.000000177. The molecule has 0 spiro atoms. The quantitative estimate of drug-likeness (QED) is 0.0993. The first-order chi connectivity index (χ1) is 22.4. The summed E-state index contributed by atoms with van der Waals surface area (Å²) in [6.07, 6.45) is 10.9. The molecule has 5 aromatic carbocycles. The fraction of sp³-hybridized carbons (Fsp3) is 0.0930. The van der Waals surface area contributed by atoms with E-state index in [1.54, 1.807) is 12.4 Å². The fourth-order valence-corrected chi connectivity index (χ4v) is 4.31. The van der Waals surface area contributed by atoms with E-state index in [1.807, 2.05) is 142 Å². The number of hydrogen-bond donors (Lipinski definition) is 0. The van der Waals surface area contributed by atoms with Gasteiger partial charge in [0.05, 0.1) is 0 Å². The molecule has 4 heteroatoms. The molecule has 0 bridgehead atoms. The molecule has 3 nitrogen and oxygen atoms in total. The van der Waals surface area contributed by atoms with Crippen molar-refractivity contribution in [3.63, 3.8) is 0 Å². The summed E-state index contributed by atoms with van der Waals surface area (Å²) in [5.41, 5.74) is 4.71. The van der Waals surface area contributed by atoms with Crippen LogP contribution in [0.15, 0.2) is 152 Å². The van der Waals surface area contributed by atoms with Crippen LogP contribution in [0.1, 0.15) is 26.3 Å². The molecule has 47 heavy (non-hydrogen) atoms. The molecule has 0 fully saturated rings. The Morgan fingerprint density at radius 2 is 1.04 bits per heavy atom. The van der Waals surface area contributed by atoms with Crippen LogP contribution >= 0.6 is 0 Å². The Morgan fingerprint density at radius 1 is 0.596 bits per heavy atom. The Labute approximate surface area is 292 Å². The minimum Gasteiger partial charge on any atom is -0.366 e. The van der Waals surface area contributed by atoms with Gasteiger partial charge in [-0.15, -0.1) is 83.4 Å². The first kappa shape index (κ1) is 36.1. The van der Waals surface area contributed by atoms with E-state index in [1.165, 1.54) is 10.8 Å². The maximum Gasteiger partial charge on any atom is 0.224 e. The second kappa shape index (κ2) is 18.6. The predicted octanol–water partition coefficient (Wildman–Crippen LogP) is 10.7. The van der Waals surface area contributed by atoms with Crippen molar-refractivity contribution in [2.24, 2.45) is 0 Å². The second-order valence-electron chi connectivity index (χ2n) is 11.1. The fourth-order valence-electron chi connectivity index (χ4n) is 4.31. The minimum absolute atomic E-state index is 0. The van der Waals surface area contributed by atoms with Crippen molar-refractivity contribution < 1.29 is 20.1 Å². The SMILES string of the molecule is [C-]#Cc1cc2ccccc2c2ccccc12.[C-]#[N+]C(C)(C)C.[Ir].[c-]1ccccc1-c1ccccn1.[c-]1ccccc1-c1ccccn1. The molecule has 7 rings (SSSR count). The van der Waals surface area contributed by atoms with Gasteiger partial charge in [0.25, 0.3) is 0 Å². The number of nitrogens with zero attached hydrogens (tertiary/aromatic N) is 3. The zero-order chi connectivity index (χ0) is 32.6. The van der Waals surface area contributed by atoms with Crippen molar-refractivity contribution >= 4 is 21.5 Å². The molecule has 2 aromatic heterocycles. The Morgan fingerprint density at radius 3 is 1.47 bits per heavy atom. The minimum atomic E-state index is -0.167. The first-order valence-electron chi connectivity index (χ1n) is 14.9. The van der Waals surface area contributed by atoms with E-state index in [2.05, 4.69) is 51.1 Å². The number of pyridine rings is 2. The predicted molar refractivity (Wildman–Crippen MR) is 191 cm³/mol. The second-order valence-corrected chi connectivity index (χ2v) is 11.1. The Bertz CT molecular complexity index is 1870. The number of rotatable bonds is 2. The standard InChI is InChI=1S/C16H9.2C11H8N.C5H9N.Ir/c1-2-12-11-13-7-3-4-9-15(13)16-10-6-5-8-14(12)16;2*1-2-6-10(7-3-1)11-8-4-5-9-12-11;1-5(2,3)6-4;/h3-11H;2*1-6,8-9H;1-3H3;/q3*-1;;. The van der Waals surface area contributed by atoms with Crippen LogP contribution in [0.25, 0.3) is 48.9 Å². The van der Waals surface area contributed by atoms with Gasteiger partial charge in [-0.05, 0) is 39.7 Å². The van der Waals surface area contributed by atoms with E-state index < -0.39 is 0 Å². The molecule has 0 N–H and O–H groups in total. The van der Waals surface area contributed by atoms with Crippen LogP contribution in [0.2, 0.25) is 0 Å². The number of fused-ring (bicyclic) bond motifs is 3. The van der Waals surface area contributed by atoms with Crippen molar-refractivity contribution in [3.05, 3.63) is 187 Å². The third-order valence-corrected chi connectivity index (χ3v) is 6.54. The topological polar surface area (TPSA) is 30.1 Å². The van der Waals surface area contributed by atoms with E-state index in [4.69, 9.17) is 13.0 Å². The van der Waals surface area contributed by atoms with Gasteiger partial charge in [-0.1, -0.05) is 78.2 Å². The summed E-state index contributed by atoms with van der Waals surface area (Å²) >= 11 is 0. The van der Waals surface area contributed by atoms with Crippen molar-refractivity contribution in [1.82, 2.24) is 9.97 Å². The van der Waals surface area contributed by atoms with Crippen LogP contribution < -0.4 is 0 Å². The van der Waals surface area contributed by atoms with Gasteiger partial charge in [-0.3, -0.25) is 5.92 Å². The summed E-state index contributed by atoms with van der Waals surface area (Å²) in [6, 6.07) is 52.1. The largest absolute Gasteiger partial charge is 0.366 e. The monoisotopic (exact) mass is 785 g/mol. The van der Waals surface area contributed by atoms with Crippen molar-refractivity contribution in [3.8, 4) is 28.4 Å². The molecule has 2 heterocycles. The summed E-state index contributed by atoms with van der Waals surface area (Å²) in [7, 11) is 0. The van der Waals surface area contributed by atoms with Crippen molar-refractivity contribution in [2.45, 2.75) is 26.3 Å². The van der Waals surface area contributed by atoms with Gasteiger partial charge in [-0.2, -0.15) is 0 Å². The zero-order valence-corrected chi connectivity index (χ0v) is 29.0. The summed E-state index contributed by atoms with van der Waals surface area (Å²) < 4.78 is 0. The normalized spacial score (nSPS) is 9.81. The van der Waals surface area contributed by atoms with Gasteiger partial charge in [0.2, 0.25) is 5.54 Å².